The number of aromatic nitrogens is 8. The Morgan fingerprint density at radius 2 is 1.94 bits per heavy atom. The highest BCUT2D eigenvalue weighted by Crippen LogP contribution is 2.31. The third-order valence-corrected chi connectivity index (χ3v) is 6.29. The van der Waals surface area contributed by atoms with Gasteiger partial charge in [-0.2, -0.15) is 0 Å². The number of rotatable bonds is 5. The first-order chi connectivity index (χ1) is 15.4. The first kappa shape index (κ1) is 20.1. The molecule has 11 heteroatoms. The van der Waals surface area contributed by atoms with Crippen molar-refractivity contribution >= 4 is 22.9 Å². The topological polar surface area (TPSA) is 119 Å². The SMILES string of the molecule is Cc1ccc(-c2cnc3c(-n4c(C)nnc4C)cc(C(=O)N[C@@H](C)c4nnc[nH]4)cn23)s1. The van der Waals surface area contributed by atoms with Gasteiger partial charge in [-0.05, 0) is 45.9 Å². The number of H-pyrrole nitrogens is 1. The predicted octanol–water partition coefficient (Wildman–Crippen LogP) is 3.18. The van der Waals surface area contributed by atoms with Gasteiger partial charge < -0.3 is 10.3 Å². The molecule has 10 nitrogen and oxygen atoms in total. The molecular weight excluding hydrogens is 426 g/mol. The maximum atomic E-state index is 13.2. The summed E-state index contributed by atoms with van der Waals surface area (Å²) in [6, 6.07) is 5.63. The lowest BCUT2D eigenvalue weighted by Gasteiger charge is -2.14. The van der Waals surface area contributed by atoms with Crippen molar-refractivity contribution in [3.05, 3.63) is 64.8 Å². The second-order valence-electron chi connectivity index (χ2n) is 7.56. The molecule has 0 saturated carbocycles. The van der Waals surface area contributed by atoms with Gasteiger partial charge in [0, 0.05) is 11.1 Å². The number of thiophene rings is 1. The maximum absolute atomic E-state index is 13.2. The van der Waals surface area contributed by atoms with Crippen LogP contribution in [0.25, 0.3) is 21.9 Å². The zero-order chi connectivity index (χ0) is 22.4. The number of pyridine rings is 1. The second-order valence-corrected chi connectivity index (χ2v) is 8.85. The van der Waals surface area contributed by atoms with Gasteiger partial charge in [-0.3, -0.25) is 13.8 Å². The van der Waals surface area contributed by atoms with Crippen LogP contribution in [0.3, 0.4) is 0 Å². The molecule has 32 heavy (non-hydrogen) atoms. The van der Waals surface area contributed by atoms with Crippen molar-refractivity contribution in [3.8, 4) is 16.3 Å². The van der Waals surface area contributed by atoms with Crippen molar-refractivity contribution in [2.75, 3.05) is 0 Å². The Balaban J connectivity index is 1.66. The van der Waals surface area contributed by atoms with E-state index in [1.165, 1.54) is 11.2 Å². The third-order valence-electron chi connectivity index (χ3n) is 5.26. The van der Waals surface area contributed by atoms with Crippen LogP contribution in [-0.2, 0) is 0 Å². The fourth-order valence-electron chi connectivity index (χ4n) is 3.70. The summed E-state index contributed by atoms with van der Waals surface area (Å²) in [5.41, 5.74) is 2.86. The number of carbonyl (C=O) groups excluding carboxylic acids is 1. The Hall–Kier alpha value is -3.86. The van der Waals surface area contributed by atoms with Crippen molar-refractivity contribution in [2.45, 2.75) is 33.7 Å². The van der Waals surface area contributed by atoms with Gasteiger partial charge in [-0.15, -0.1) is 31.7 Å². The van der Waals surface area contributed by atoms with E-state index < -0.39 is 0 Å². The summed E-state index contributed by atoms with van der Waals surface area (Å²) in [5, 5.41) is 19.1. The predicted molar refractivity (Wildman–Crippen MR) is 120 cm³/mol. The summed E-state index contributed by atoms with van der Waals surface area (Å²) in [6.07, 6.45) is 5.13. The lowest BCUT2D eigenvalue weighted by molar-refractivity contribution is 0.0938. The average molecular weight is 448 g/mol. The molecule has 0 radical (unpaired) electrons. The molecule has 0 aliphatic heterocycles. The molecule has 5 aromatic heterocycles. The van der Waals surface area contributed by atoms with E-state index in [-0.39, 0.29) is 11.9 Å². The van der Waals surface area contributed by atoms with Crippen LogP contribution in [0, 0.1) is 20.8 Å². The lowest BCUT2D eigenvalue weighted by Crippen LogP contribution is -2.28. The Morgan fingerprint density at radius 3 is 2.59 bits per heavy atom. The molecule has 0 fully saturated rings. The van der Waals surface area contributed by atoms with E-state index in [0.717, 1.165) is 21.9 Å². The lowest BCUT2D eigenvalue weighted by atomic mass is 10.2. The maximum Gasteiger partial charge on any atom is 0.253 e. The number of amides is 1. The Labute approximate surface area is 187 Å². The van der Waals surface area contributed by atoms with E-state index in [1.807, 2.05) is 48.2 Å². The molecule has 0 saturated heterocycles. The Morgan fingerprint density at radius 1 is 1.16 bits per heavy atom. The Bertz CT molecular complexity index is 1410. The number of aryl methyl sites for hydroxylation is 3. The minimum absolute atomic E-state index is 0.234. The number of hydrogen-bond acceptors (Lipinski definition) is 7. The summed E-state index contributed by atoms with van der Waals surface area (Å²) in [7, 11) is 0. The minimum atomic E-state index is -0.329. The van der Waals surface area contributed by atoms with E-state index in [0.29, 0.717) is 23.0 Å². The summed E-state index contributed by atoms with van der Waals surface area (Å²) in [4.78, 5) is 23.1. The van der Waals surface area contributed by atoms with Crippen LogP contribution in [0.15, 0.2) is 36.9 Å². The van der Waals surface area contributed by atoms with Crippen LogP contribution >= 0.6 is 11.3 Å². The highest BCUT2D eigenvalue weighted by Gasteiger charge is 2.21. The number of nitrogens with one attached hydrogen (secondary N) is 2. The van der Waals surface area contributed by atoms with Crippen molar-refractivity contribution < 1.29 is 4.79 Å². The molecule has 0 unspecified atom stereocenters. The van der Waals surface area contributed by atoms with Crippen LogP contribution in [0.1, 0.15) is 45.7 Å². The minimum Gasteiger partial charge on any atom is -0.342 e. The van der Waals surface area contributed by atoms with Gasteiger partial charge in [0.25, 0.3) is 5.91 Å². The van der Waals surface area contributed by atoms with E-state index in [4.69, 9.17) is 0 Å². The molecule has 5 rings (SSSR count). The van der Waals surface area contributed by atoms with Crippen LogP contribution in [0.2, 0.25) is 0 Å². The van der Waals surface area contributed by atoms with E-state index in [1.54, 1.807) is 11.3 Å². The molecule has 5 aromatic rings. The van der Waals surface area contributed by atoms with Crippen LogP contribution in [0.4, 0.5) is 0 Å². The first-order valence-corrected chi connectivity index (χ1v) is 10.9. The second kappa shape index (κ2) is 7.68. The van der Waals surface area contributed by atoms with Crippen molar-refractivity contribution in [3.63, 3.8) is 0 Å². The van der Waals surface area contributed by atoms with E-state index in [9.17, 15) is 4.79 Å². The number of hydrogen-bond donors (Lipinski definition) is 2. The van der Waals surface area contributed by atoms with Crippen molar-refractivity contribution in [1.29, 1.82) is 0 Å². The zero-order valence-electron chi connectivity index (χ0n) is 18.0. The molecule has 5 heterocycles. The summed E-state index contributed by atoms with van der Waals surface area (Å²) in [6.45, 7) is 7.67. The average Bonchev–Trinajstić information content (AvgIpc) is 3.55. The van der Waals surface area contributed by atoms with Crippen molar-refractivity contribution in [2.24, 2.45) is 0 Å². The number of fused-ring (bicyclic) bond motifs is 1. The number of imidazole rings is 1. The third kappa shape index (κ3) is 3.36. The van der Waals surface area contributed by atoms with Crippen molar-refractivity contribution in [1.82, 2.24) is 44.6 Å². The Kier molecular flexibility index (Phi) is 4.82. The molecule has 1 amide bonds. The molecule has 0 aliphatic carbocycles. The smallest absolute Gasteiger partial charge is 0.253 e. The van der Waals surface area contributed by atoms with Crippen LogP contribution in [-0.4, -0.2) is 45.2 Å². The zero-order valence-corrected chi connectivity index (χ0v) is 18.8. The molecule has 0 spiro atoms. The van der Waals surface area contributed by atoms with Gasteiger partial charge in [-0.25, -0.2) is 4.98 Å². The van der Waals surface area contributed by atoms with Gasteiger partial charge >= 0.3 is 0 Å². The molecule has 0 bridgehead atoms. The monoisotopic (exact) mass is 447 g/mol. The molecular formula is C21H21N9OS. The van der Waals surface area contributed by atoms with Gasteiger partial charge in [0.05, 0.1) is 34.1 Å². The molecule has 2 N–H and O–H groups in total. The largest absolute Gasteiger partial charge is 0.342 e. The summed E-state index contributed by atoms with van der Waals surface area (Å²) < 4.78 is 3.86. The van der Waals surface area contributed by atoms with E-state index >= 15 is 0 Å². The van der Waals surface area contributed by atoms with Crippen LogP contribution < -0.4 is 5.32 Å². The summed E-state index contributed by atoms with van der Waals surface area (Å²) >= 11 is 1.68. The highest BCUT2D eigenvalue weighted by molar-refractivity contribution is 7.15. The number of nitrogens with zero attached hydrogens (tertiary/aromatic N) is 7. The fourth-order valence-corrected chi connectivity index (χ4v) is 4.58. The summed E-state index contributed by atoms with van der Waals surface area (Å²) in [5.74, 6) is 1.78. The standard InChI is InChI=1S/C21H21N9OS/c1-11-5-6-18(32-11)17-8-22-20-16(30-13(3)26-27-14(30)4)7-15(9-29(17)20)21(31)25-12(2)19-23-10-24-28-19/h5-10,12H,1-4H3,(H,25,31)(H,23,24,28)/t12-/m0/s1. The molecule has 162 valence electrons. The van der Waals surface area contributed by atoms with Gasteiger partial charge in [0.1, 0.15) is 18.0 Å². The first-order valence-electron chi connectivity index (χ1n) is 10.1. The van der Waals surface area contributed by atoms with Gasteiger partial charge in [-0.1, -0.05) is 0 Å². The molecule has 1 atom stereocenters. The quantitative estimate of drug-likeness (QED) is 0.427. The fraction of sp³-hybridized carbons (Fsp3) is 0.238. The number of carbonyl (C=O) groups is 1. The van der Waals surface area contributed by atoms with Gasteiger partial charge in [0.2, 0.25) is 0 Å². The molecule has 0 aromatic carbocycles. The highest BCUT2D eigenvalue weighted by atomic mass is 32.1. The molecule has 0 aliphatic rings. The number of aromatic amines is 1. The van der Waals surface area contributed by atoms with Gasteiger partial charge in [0.15, 0.2) is 11.5 Å². The van der Waals surface area contributed by atoms with E-state index in [2.05, 4.69) is 54.7 Å². The normalized spacial score (nSPS) is 12.4. The van der Waals surface area contributed by atoms with Crippen LogP contribution in [0.5, 0.6) is 0 Å².